The number of imidazole rings is 1. The first-order chi connectivity index (χ1) is 14.7. The summed E-state index contributed by atoms with van der Waals surface area (Å²) < 4.78 is 14.9. The minimum Gasteiger partial charge on any atom is -0.497 e. The maximum Gasteiger partial charge on any atom is 0.356 e. The number of nitrogen functional groups attached to an aromatic ring is 1. The number of aliphatic hydroxyl groups excluding tert-OH is 1. The third-order valence-corrected chi connectivity index (χ3v) is 5.10. The summed E-state index contributed by atoms with van der Waals surface area (Å²) in [6.07, 6.45) is -0.713. The van der Waals surface area contributed by atoms with Gasteiger partial charge in [-0.1, -0.05) is 42.5 Å². The molecule has 6 nitrogen and oxygen atoms in total. The molecular weight excluding hydrogens is 378 g/mol. The predicted molar refractivity (Wildman–Crippen MR) is 117 cm³/mol. The van der Waals surface area contributed by atoms with E-state index in [0.29, 0.717) is 24.8 Å². The number of para-hydroxylation sites is 2. The number of aromatic nitrogens is 2. The molecule has 1 aromatic heterocycles. The van der Waals surface area contributed by atoms with Gasteiger partial charge in [-0.3, -0.25) is 5.73 Å². The van der Waals surface area contributed by atoms with Crippen LogP contribution in [0.4, 0.5) is 5.95 Å². The van der Waals surface area contributed by atoms with Crippen LogP contribution in [0.5, 0.6) is 11.5 Å². The van der Waals surface area contributed by atoms with E-state index in [1.54, 1.807) is 7.11 Å². The van der Waals surface area contributed by atoms with Crippen molar-refractivity contribution in [2.75, 3.05) is 19.5 Å². The van der Waals surface area contributed by atoms with E-state index in [-0.39, 0.29) is 6.61 Å². The Bertz CT molecular complexity index is 1110. The first kappa shape index (κ1) is 19.8. The molecule has 0 amide bonds. The molecule has 4 aromatic rings. The van der Waals surface area contributed by atoms with Crippen LogP contribution in [0.15, 0.2) is 78.9 Å². The van der Waals surface area contributed by atoms with Crippen LogP contribution in [0, 0.1) is 0 Å². The second-order valence-corrected chi connectivity index (χ2v) is 7.17. The van der Waals surface area contributed by atoms with Crippen molar-refractivity contribution in [1.29, 1.82) is 0 Å². The minimum atomic E-state index is -0.713. The lowest BCUT2D eigenvalue weighted by Gasteiger charge is -2.12. The Morgan fingerprint density at radius 1 is 0.933 bits per heavy atom. The van der Waals surface area contributed by atoms with Crippen LogP contribution in [-0.4, -0.2) is 29.5 Å². The summed E-state index contributed by atoms with van der Waals surface area (Å²) in [6, 6.07) is 25.5. The van der Waals surface area contributed by atoms with Crippen molar-refractivity contribution in [1.82, 2.24) is 4.57 Å². The SMILES string of the molecule is COc1ccc(OC[C@@H](O)Cn2c(N)[n+](Cc3ccccc3)c3ccccc32)cc1. The maximum atomic E-state index is 10.6. The fourth-order valence-corrected chi connectivity index (χ4v) is 3.57. The molecule has 0 aliphatic carbocycles. The van der Waals surface area contributed by atoms with Crippen molar-refractivity contribution in [3.05, 3.63) is 84.4 Å². The standard InChI is InChI=1S/C24H25N3O3/c1-29-20-11-13-21(14-12-20)30-17-19(28)16-27-23-10-6-5-9-22(23)26(24(27)25)15-18-7-3-2-4-8-18/h2-14,19,25,28H,15-17H2,1H3/p+1/t19-/m0/s1. The van der Waals surface area contributed by atoms with Gasteiger partial charge in [0.25, 0.3) is 0 Å². The molecule has 0 aliphatic rings. The van der Waals surface area contributed by atoms with Gasteiger partial charge in [-0.15, -0.1) is 0 Å². The summed E-state index contributed by atoms with van der Waals surface area (Å²) in [5.74, 6) is 2.04. The van der Waals surface area contributed by atoms with Crippen molar-refractivity contribution in [3.63, 3.8) is 0 Å². The van der Waals surface area contributed by atoms with E-state index in [4.69, 9.17) is 15.2 Å². The van der Waals surface area contributed by atoms with Crippen molar-refractivity contribution < 1.29 is 19.1 Å². The van der Waals surface area contributed by atoms with Crippen LogP contribution in [-0.2, 0) is 13.1 Å². The van der Waals surface area contributed by atoms with Gasteiger partial charge in [-0.25, -0.2) is 9.13 Å². The number of nitrogens with zero attached hydrogens (tertiary/aromatic N) is 2. The number of hydrogen-bond donors (Lipinski definition) is 2. The van der Waals surface area contributed by atoms with Crippen LogP contribution >= 0.6 is 0 Å². The third kappa shape index (κ3) is 4.23. The number of benzene rings is 3. The number of methoxy groups -OCH3 is 1. The molecule has 0 saturated carbocycles. The monoisotopic (exact) mass is 404 g/mol. The van der Waals surface area contributed by atoms with Gasteiger partial charge in [0, 0.05) is 0 Å². The van der Waals surface area contributed by atoms with Crippen LogP contribution in [0.25, 0.3) is 11.0 Å². The summed E-state index contributed by atoms with van der Waals surface area (Å²) in [5, 5.41) is 10.6. The molecule has 0 spiro atoms. The van der Waals surface area contributed by atoms with E-state index in [9.17, 15) is 5.11 Å². The van der Waals surface area contributed by atoms with Gasteiger partial charge in [0.05, 0.1) is 13.7 Å². The molecule has 0 fully saturated rings. The Morgan fingerprint density at radius 2 is 1.60 bits per heavy atom. The summed E-state index contributed by atoms with van der Waals surface area (Å²) in [6.45, 7) is 1.17. The van der Waals surface area contributed by atoms with Crippen LogP contribution in [0.3, 0.4) is 0 Å². The molecule has 1 heterocycles. The lowest BCUT2D eigenvalue weighted by Crippen LogP contribution is -2.37. The molecule has 0 unspecified atom stereocenters. The second-order valence-electron chi connectivity index (χ2n) is 7.17. The number of ether oxygens (including phenoxy) is 2. The van der Waals surface area contributed by atoms with Crippen LogP contribution in [0.1, 0.15) is 5.56 Å². The average Bonchev–Trinajstić information content (AvgIpc) is 3.05. The Kier molecular flexibility index (Phi) is 5.86. The number of nitrogens with two attached hydrogens (primary N) is 1. The highest BCUT2D eigenvalue weighted by molar-refractivity contribution is 5.74. The molecule has 3 N–H and O–H groups in total. The maximum absolute atomic E-state index is 10.6. The molecule has 1 atom stereocenters. The van der Waals surface area contributed by atoms with E-state index < -0.39 is 6.10 Å². The highest BCUT2D eigenvalue weighted by atomic mass is 16.5. The van der Waals surface area contributed by atoms with Gasteiger partial charge in [0.15, 0.2) is 0 Å². The van der Waals surface area contributed by atoms with Gasteiger partial charge in [-0.2, -0.15) is 0 Å². The molecule has 0 saturated heterocycles. The van der Waals surface area contributed by atoms with Gasteiger partial charge < -0.3 is 14.6 Å². The summed E-state index contributed by atoms with van der Waals surface area (Å²) in [4.78, 5) is 0. The number of rotatable bonds is 8. The quantitative estimate of drug-likeness (QED) is 0.443. The van der Waals surface area contributed by atoms with Crippen molar-refractivity contribution >= 4 is 17.0 Å². The number of hydrogen-bond acceptors (Lipinski definition) is 4. The first-order valence-electron chi connectivity index (χ1n) is 9.91. The lowest BCUT2D eigenvalue weighted by atomic mass is 10.2. The van der Waals surface area contributed by atoms with Gasteiger partial charge in [-0.05, 0) is 42.0 Å². The topological polar surface area (TPSA) is 73.5 Å². The van der Waals surface area contributed by atoms with E-state index in [1.807, 2.05) is 71.3 Å². The summed E-state index contributed by atoms with van der Waals surface area (Å²) in [7, 11) is 1.62. The largest absolute Gasteiger partial charge is 0.497 e. The van der Waals surface area contributed by atoms with E-state index in [0.717, 1.165) is 16.8 Å². The normalized spacial score (nSPS) is 12.1. The van der Waals surface area contributed by atoms with Crippen molar-refractivity contribution in [3.8, 4) is 11.5 Å². The second kappa shape index (κ2) is 8.88. The number of fused-ring (bicyclic) bond motifs is 1. The molecular formula is C24H26N3O3+. The number of aliphatic hydroxyl groups is 1. The Labute approximate surface area is 175 Å². The summed E-state index contributed by atoms with van der Waals surface area (Å²) in [5.41, 5.74) is 9.69. The molecule has 0 bridgehead atoms. The summed E-state index contributed by atoms with van der Waals surface area (Å²) >= 11 is 0. The third-order valence-electron chi connectivity index (χ3n) is 5.10. The zero-order valence-electron chi connectivity index (χ0n) is 16.9. The van der Waals surface area contributed by atoms with Crippen LogP contribution < -0.4 is 19.8 Å². The van der Waals surface area contributed by atoms with Crippen molar-refractivity contribution in [2.24, 2.45) is 0 Å². The van der Waals surface area contributed by atoms with Crippen LogP contribution in [0.2, 0.25) is 0 Å². The molecule has 154 valence electrons. The lowest BCUT2D eigenvalue weighted by molar-refractivity contribution is -0.648. The molecule has 4 rings (SSSR count). The molecule has 0 aliphatic heterocycles. The van der Waals surface area contributed by atoms with Gasteiger partial charge in [0.2, 0.25) is 0 Å². The first-order valence-corrected chi connectivity index (χ1v) is 9.91. The fraction of sp³-hybridized carbons (Fsp3) is 0.208. The smallest absolute Gasteiger partial charge is 0.356 e. The highest BCUT2D eigenvalue weighted by Crippen LogP contribution is 2.19. The Balaban J connectivity index is 1.52. The average molecular weight is 404 g/mol. The Morgan fingerprint density at radius 3 is 2.33 bits per heavy atom. The van der Waals surface area contributed by atoms with Gasteiger partial charge >= 0.3 is 5.95 Å². The van der Waals surface area contributed by atoms with E-state index >= 15 is 0 Å². The minimum absolute atomic E-state index is 0.164. The molecule has 3 aromatic carbocycles. The van der Waals surface area contributed by atoms with E-state index in [1.165, 1.54) is 5.56 Å². The Hall–Kier alpha value is -3.51. The van der Waals surface area contributed by atoms with Gasteiger partial charge in [0.1, 0.15) is 41.8 Å². The molecule has 30 heavy (non-hydrogen) atoms. The molecule has 0 radical (unpaired) electrons. The predicted octanol–water partition coefficient (Wildman–Crippen LogP) is 3.01. The zero-order chi connectivity index (χ0) is 20.9. The van der Waals surface area contributed by atoms with Crippen molar-refractivity contribution in [2.45, 2.75) is 19.2 Å². The fourth-order valence-electron chi connectivity index (χ4n) is 3.57. The highest BCUT2D eigenvalue weighted by Gasteiger charge is 2.23. The van der Waals surface area contributed by atoms with E-state index in [2.05, 4.69) is 16.7 Å². The zero-order valence-corrected chi connectivity index (χ0v) is 16.9. The number of anilines is 1. The molecule has 6 heteroatoms.